The average Bonchev–Trinajstić information content (AvgIpc) is 2.45. The van der Waals surface area contributed by atoms with Gasteiger partial charge >= 0.3 is 5.97 Å². The van der Waals surface area contributed by atoms with E-state index in [0.717, 1.165) is 25.9 Å². The number of methoxy groups -OCH3 is 2. The van der Waals surface area contributed by atoms with Crippen LogP contribution in [0.5, 0.6) is 11.5 Å². The number of carbonyl (C=O) groups is 1. The highest BCUT2D eigenvalue weighted by Gasteiger charge is 2.23. The second-order valence-electron chi connectivity index (χ2n) is 4.49. The van der Waals surface area contributed by atoms with Gasteiger partial charge in [-0.25, -0.2) is 4.79 Å². The van der Waals surface area contributed by atoms with Crippen LogP contribution in [0.1, 0.15) is 37.0 Å². The van der Waals surface area contributed by atoms with Crippen molar-refractivity contribution in [3.05, 3.63) is 17.7 Å². The predicted octanol–water partition coefficient (Wildman–Crippen LogP) is 3.45. The Kier molecular flexibility index (Phi) is 8.62. The summed E-state index contributed by atoms with van der Waals surface area (Å²) in [7, 11) is 3.08. The molecule has 0 spiro atoms. The van der Waals surface area contributed by atoms with Gasteiger partial charge in [0.2, 0.25) is 0 Å². The number of hydrogen-bond donors (Lipinski definition) is 1. The second-order valence-corrected chi connectivity index (χ2v) is 4.49. The Hall–Kier alpha value is -1.62. The van der Waals surface area contributed by atoms with Crippen LogP contribution in [0, 0.1) is 0 Å². The molecule has 0 amide bonds. The number of aromatic carboxylic acids is 1. The summed E-state index contributed by atoms with van der Waals surface area (Å²) in [5.74, 6) is 0.0668. The first-order chi connectivity index (χ1) is 9.60. The molecule has 0 aromatic heterocycles. The molecule has 0 aliphatic carbocycles. The molecular weight excluding hydrogens is 294 g/mol. The van der Waals surface area contributed by atoms with Crippen LogP contribution in [-0.2, 0) is 0 Å². The average molecular weight is 318 g/mol. The standard InChI is InChI=1S/C15H23NO4.ClH/c1-5-9-16(10-6-2)13-11(15(17)18)7-8-12(19-3)14(13)20-4;/h7-8H,5-6,9-10H2,1-4H3,(H,17,18);1H. The number of carboxylic acids is 1. The van der Waals surface area contributed by atoms with Crippen molar-refractivity contribution in [2.45, 2.75) is 26.7 Å². The summed E-state index contributed by atoms with van der Waals surface area (Å²) in [6, 6.07) is 3.19. The molecule has 0 aliphatic heterocycles. The third-order valence-electron chi connectivity index (χ3n) is 3.05. The molecule has 1 aromatic carbocycles. The smallest absolute Gasteiger partial charge is 0.337 e. The fourth-order valence-corrected chi connectivity index (χ4v) is 2.27. The lowest BCUT2D eigenvalue weighted by molar-refractivity contribution is 0.0697. The molecular formula is C15H24ClNO4. The molecule has 0 bridgehead atoms. The molecule has 120 valence electrons. The van der Waals surface area contributed by atoms with E-state index in [-0.39, 0.29) is 18.0 Å². The van der Waals surface area contributed by atoms with Gasteiger partial charge in [0.15, 0.2) is 11.5 Å². The van der Waals surface area contributed by atoms with Crippen LogP contribution < -0.4 is 14.4 Å². The van der Waals surface area contributed by atoms with E-state index >= 15 is 0 Å². The molecule has 0 unspecified atom stereocenters. The number of nitrogens with zero attached hydrogens (tertiary/aromatic N) is 1. The number of rotatable bonds is 8. The maximum Gasteiger partial charge on any atom is 0.337 e. The Labute approximate surface area is 132 Å². The number of hydrogen-bond acceptors (Lipinski definition) is 4. The first kappa shape index (κ1) is 19.4. The third-order valence-corrected chi connectivity index (χ3v) is 3.05. The molecule has 0 fully saturated rings. The Morgan fingerprint density at radius 2 is 1.71 bits per heavy atom. The highest BCUT2D eigenvalue weighted by atomic mass is 35.5. The molecule has 0 aliphatic rings. The molecule has 0 atom stereocenters. The Morgan fingerprint density at radius 1 is 1.14 bits per heavy atom. The van der Waals surface area contributed by atoms with Gasteiger partial charge in [0.1, 0.15) is 0 Å². The molecule has 6 heteroatoms. The van der Waals surface area contributed by atoms with Crippen LogP contribution in [0.25, 0.3) is 0 Å². The van der Waals surface area contributed by atoms with E-state index in [1.165, 1.54) is 7.11 Å². The van der Waals surface area contributed by atoms with Crippen molar-refractivity contribution in [1.29, 1.82) is 0 Å². The molecule has 0 saturated heterocycles. The van der Waals surface area contributed by atoms with Crippen molar-refractivity contribution in [3.8, 4) is 11.5 Å². The quantitative estimate of drug-likeness (QED) is 0.795. The van der Waals surface area contributed by atoms with Crippen LogP contribution >= 0.6 is 12.4 Å². The topological polar surface area (TPSA) is 59.0 Å². The molecule has 0 saturated carbocycles. The van der Waals surface area contributed by atoms with Crippen molar-refractivity contribution in [1.82, 2.24) is 0 Å². The zero-order chi connectivity index (χ0) is 15.1. The maximum atomic E-state index is 11.5. The van der Waals surface area contributed by atoms with Crippen LogP contribution in [0.4, 0.5) is 5.69 Å². The van der Waals surface area contributed by atoms with Crippen LogP contribution in [0.3, 0.4) is 0 Å². The number of anilines is 1. The van der Waals surface area contributed by atoms with Crippen molar-refractivity contribution < 1.29 is 19.4 Å². The lowest BCUT2D eigenvalue weighted by Gasteiger charge is -2.28. The second kappa shape index (κ2) is 9.34. The van der Waals surface area contributed by atoms with Gasteiger partial charge in [0.05, 0.1) is 25.5 Å². The Balaban J connectivity index is 0.00000400. The SMILES string of the molecule is CCCN(CCC)c1c(C(=O)O)ccc(OC)c1OC.Cl. The number of benzene rings is 1. The Morgan fingerprint density at radius 3 is 2.10 bits per heavy atom. The van der Waals surface area contributed by atoms with Gasteiger partial charge in [0, 0.05) is 13.1 Å². The van der Waals surface area contributed by atoms with Gasteiger partial charge in [-0.2, -0.15) is 0 Å². The van der Waals surface area contributed by atoms with Crippen LogP contribution in [0.2, 0.25) is 0 Å². The van der Waals surface area contributed by atoms with E-state index < -0.39 is 5.97 Å². The highest BCUT2D eigenvalue weighted by molar-refractivity contribution is 5.97. The van der Waals surface area contributed by atoms with Gasteiger partial charge in [-0.05, 0) is 25.0 Å². The van der Waals surface area contributed by atoms with Gasteiger partial charge in [-0.1, -0.05) is 13.8 Å². The fourth-order valence-electron chi connectivity index (χ4n) is 2.27. The normalized spacial score (nSPS) is 9.71. The lowest BCUT2D eigenvalue weighted by atomic mass is 10.1. The lowest BCUT2D eigenvalue weighted by Crippen LogP contribution is -2.27. The summed E-state index contributed by atoms with van der Waals surface area (Å²) in [5, 5.41) is 9.41. The minimum absolute atomic E-state index is 0. The highest BCUT2D eigenvalue weighted by Crippen LogP contribution is 2.40. The van der Waals surface area contributed by atoms with E-state index in [9.17, 15) is 9.90 Å². The van der Waals surface area contributed by atoms with Crippen molar-refractivity contribution in [2.75, 3.05) is 32.2 Å². The molecule has 1 aromatic rings. The van der Waals surface area contributed by atoms with Crippen molar-refractivity contribution >= 4 is 24.1 Å². The predicted molar refractivity (Wildman–Crippen MR) is 86.5 cm³/mol. The molecule has 1 N–H and O–H groups in total. The zero-order valence-electron chi connectivity index (χ0n) is 13.0. The van der Waals surface area contributed by atoms with E-state index in [2.05, 4.69) is 13.8 Å². The Bertz CT molecular complexity index is 459. The monoisotopic (exact) mass is 317 g/mol. The van der Waals surface area contributed by atoms with Crippen molar-refractivity contribution in [3.63, 3.8) is 0 Å². The molecule has 0 radical (unpaired) electrons. The minimum atomic E-state index is -0.960. The van der Waals surface area contributed by atoms with Gasteiger partial charge in [-0.15, -0.1) is 12.4 Å². The number of carboxylic acid groups (broad SMARTS) is 1. The third kappa shape index (κ3) is 4.43. The molecule has 1 rings (SSSR count). The summed E-state index contributed by atoms with van der Waals surface area (Å²) in [4.78, 5) is 13.5. The van der Waals surface area contributed by atoms with Crippen molar-refractivity contribution in [2.24, 2.45) is 0 Å². The summed E-state index contributed by atoms with van der Waals surface area (Å²) >= 11 is 0. The fraction of sp³-hybridized carbons (Fsp3) is 0.533. The summed E-state index contributed by atoms with van der Waals surface area (Å²) < 4.78 is 10.7. The first-order valence-corrected chi connectivity index (χ1v) is 6.83. The number of ether oxygens (including phenoxy) is 2. The van der Waals surface area contributed by atoms with E-state index in [0.29, 0.717) is 17.2 Å². The summed E-state index contributed by atoms with van der Waals surface area (Å²) in [5.41, 5.74) is 0.840. The minimum Gasteiger partial charge on any atom is -0.493 e. The van der Waals surface area contributed by atoms with Gasteiger partial charge < -0.3 is 19.5 Å². The zero-order valence-corrected chi connectivity index (χ0v) is 13.8. The van der Waals surface area contributed by atoms with Gasteiger partial charge in [0.25, 0.3) is 0 Å². The number of halogens is 1. The first-order valence-electron chi connectivity index (χ1n) is 6.83. The summed E-state index contributed by atoms with van der Waals surface area (Å²) in [6.07, 6.45) is 1.86. The van der Waals surface area contributed by atoms with E-state index in [4.69, 9.17) is 9.47 Å². The summed E-state index contributed by atoms with van der Waals surface area (Å²) in [6.45, 7) is 5.68. The van der Waals surface area contributed by atoms with E-state index in [1.807, 2.05) is 4.90 Å². The van der Waals surface area contributed by atoms with Crippen LogP contribution in [0.15, 0.2) is 12.1 Å². The molecule has 0 heterocycles. The van der Waals surface area contributed by atoms with E-state index in [1.54, 1.807) is 19.2 Å². The molecule has 5 nitrogen and oxygen atoms in total. The largest absolute Gasteiger partial charge is 0.493 e. The maximum absolute atomic E-state index is 11.5. The van der Waals surface area contributed by atoms with Gasteiger partial charge in [-0.3, -0.25) is 0 Å². The van der Waals surface area contributed by atoms with Crippen LogP contribution in [-0.4, -0.2) is 38.4 Å². The molecule has 21 heavy (non-hydrogen) atoms.